The van der Waals surface area contributed by atoms with Crippen LogP contribution in [0.5, 0.6) is 0 Å². The van der Waals surface area contributed by atoms with Crippen LogP contribution in [0.15, 0.2) is 35.8 Å². The number of hydrogen-bond donors (Lipinski definition) is 1. The molecular weight excluding hydrogens is 228 g/mol. The molecule has 0 amide bonds. The van der Waals surface area contributed by atoms with Crippen molar-refractivity contribution in [1.82, 2.24) is 4.98 Å². The minimum Gasteiger partial charge on any atom is -0.369 e. The van der Waals surface area contributed by atoms with Gasteiger partial charge in [-0.25, -0.2) is 4.98 Å². The topological polar surface area (TPSA) is 24.9 Å². The SMILES string of the molecule is Cc1ccc(NCC(C)(C)c2cccs2)nc1. The second-order valence-electron chi connectivity index (χ2n) is 4.94. The van der Waals surface area contributed by atoms with E-state index in [0.29, 0.717) is 0 Å². The monoisotopic (exact) mass is 246 g/mol. The van der Waals surface area contributed by atoms with Gasteiger partial charge in [0, 0.05) is 23.0 Å². The van der Waals surface area contributed by atoms with Crippen LogP contribution in [0.25, 0.3) is 0 Å². The summed E-state index contributed by atoms with van der Waals surface area (Å²) < 4.78 is 0. The molecular formula is C14H18N2S. The highest BCUT2D eigenvalue weighted by atomic mass is 32.1. The van der Waals surface area contributed by atoms with Crippen LogP contribution in [0.4, 0.5) is 5.82 Å². The standard InChI is InChI=1S/C14H18N2S/c1-11-6-7-13(15-9-11)16-10-14(2,3)12-5-4-8-17-12/h4-9H,10H2,1-3H3,(H,15,16). The molecule has 0 aromatic carbocycles. The Morgan fingerprint density at radius 2 is 2.12 bits per heavy atom. The molecule has 0 saturated carbocycles. The number of nitrogens with one attached hydrogen (secondary N) is 1. The molecule has 0 bridgehead atoms. The van der Waals surface area contributed by atoms with E-state index in [4.69, 9.17) is 0 Å². The van der Waals surface area contributed by atoms with Crippen molar-refractivity contribution in [2.24, 2.45) is 0 Å². The largest absolute Gasteiger partial charge is 0.369 e. The van der Waals surface area contributed by atoms with Crippen LogP contribution in [0.1, 0.15) is 24.3 Å². The summed E-state index contributed by atoms with van der Waals surface area (Å²) in [5.74, 6) is 0.945. The highest BCUT2D eigenvalue weighted by Gasteiger charge is 2.21. The molecule has 0 saturated heterocycles. The van der Waals surface area contributed by atoms with E-state index in [1.807, 2.05) is 30.5 Å². The summed E-state index contributed by atoms with van der Waals surface area (Å²) in [6.45, 7) is 7.44. The zero-order valence-electron chi connectivity index (χ0n) is 10.5. The van der Waals surface area contributed by atoms with Crippen molar-refractivity contribution in [3.05, 3.63) is 46.3 Å². The fraction of sp³-hybridized carbons (Fsp3) is 0.357. The van der Waals surface area contributed by atoms with Gasteiger partial charge in [-0.05, 0) is 30.0 Å². The highest BCUT2D eigenvalue weighted by molar-refractivity contribution is 7.10. The van der Waals surface area contributed by atoms with Crippen LogP contribution < -0.4 is 5.32 Å². The van der Waals surface area contributed by atoms with Crippen LogP contribution in [-0.2, 0) is 5.41 Å². The van der Waals surface area contributed by atoms with Crippen molar-refractivity contribution >= 4 is 17.2 Å². The van der Waals surface area contributed by atoms with Gasteiger partial charge in [0.1, 0.15) is 5.82 Å². The zero-order valence-corrected chi connectivity index (χ0v) is 11.3. The third-order valence-electron chi connectivity index (χ3n) is 2.81. The summed E-state index contributed by atoms with van der Waals surface area (Å²) in [5, 5.41) is 5.52. The molecule has 3 heteroatoms. The maximum absolute atomic E-state index is 4.35. The first-order chi connectivity index (χ1) is 8.08. The lowest BCUT2D eigenvalue weighted by Crippen LogP contribution is -2.26. The summed E-state index contributed by atoms with van der Waals surface area (Å²) >= 11 is 1.81. The number of pyridine rings is 1. The van der Waals surface area contributed by atoms with Gasteiger partial charge < -0.3 is 5.32 Å². The number of anilines is 1. The minimum absolute atomic E-state index is 0.140. The van der Waals surface area contributed by atoms with Gasteiger partial charge in [0.2, 0.25) is 0 Å². The van der Waals surface area contributed by atoms with Crippen molar-refractivity contribution in [3.63, 3.8) is 0 Å². The predicted molar refractivity (Wildman–Crippen MR) is 74.8 cm³/mol. The zero-order chi connectivity index (χ0) is 12.3. The molecule has 0 unspecified atom stereocenters. The first kappa shape index (κ1) is 12.1. The van der Waals surface area contributed by atoms with E-state index in [1.54, 1.807) is 0 Å². The van der Waals surface area contributed by atoms with Gasteiger partial charge in [-0.3, -0.25) is 0 Å². The molecule has 0 aliphatic rings. The van der Waals surface area contributed by atoms with Crippen molar-refractivity contribution in [3.8, 4) is 0 Å². The van der Waals surface area contributed by atoms with Crippen LogP contribution in [-0.4, -0.2) is 11.5 Å². The van der Waals surface area contributed by atoms with Crippen molar-refractivity contribution in [1.29, 1.82) is 0 Å². The van der Waals surface area contributed by atoms with Crippen LogP contribution in [0, 0.1) is 6.92 Å². The molecule has 2 heterocycles. The van der Waals surface area contributed by atoms with Crippen molar-refractivity contribution in [2.75, 3.05) is 11.9 Å². The number of rotatable bonds is 4. The van der Waals surface area contributed by atoms with E-state index in [-0.39, 0.29) is 5.41 Å². The third-order valence-corrected chi connectivity index (χ3v) is 4.05. The Kier molecular flexibility index (Phi) is 3.48. The fourth-order valence-corrected chi connectivity index (χ4v) is 2.49. The van der Waals surface area contributed by atoms with Gasteiger partial charge in [0.25, 0.3) is 0 Å². The molecule has 1 N–H and O–H groups in total. The molecule has 2 rings (SSSR count). The molecule has 0 radical (unpaired) electrons. The molecule has 2 aromatic heterocycles. The lowest BCUT2D eigenvalue weighted by Gasteiger charge is -2.23. The molecule has 90 valence electrons. The average molecular weight is 246 g/mol. The molecule has 0 spiro atoms. The second kappa shape index (κ2) is 4.88. The van der Waals surface area contributed by atoms with Crippen LogP contribution >= 0.6 is 11.3 Å². The van der Waals surface area contributed by atoms with E-state index in [0.717, 1.165) is 12.4 Å². The minimum atomic E-state index is 0.140. The Bertz CT molecular complexity index is 457. The summed E-state index contributed by atoms with van der Waals surface area (Å²) in [4.78, 5) is 5.76. The molecule has 0 atom stereocenters. The number of thiophene rings is 1. The van der Waals surface area contributed by atoms with E-state index in [1.165, 1.54) is 10.4 Å². The van der Waals surface area contributed by atoms with Gasteiger partial charge >= 0.3 is 0 Å². The van der Waals surface area contributed by atoms with E-state index < -0.39 is 0 Å². The van der Waals surface area contributed by atoms with E-state index >= 15 is 0 Å². The Labute approximate surface area is 107 Å². The van der Waals surface area contributed by atoms with Crippen LogP contribution in [0.2, 0.25) is 0 Å². The summed E-state index contributed by atoms with van der Waals surface area (Å²) in [6.07, 6.45) is 1.89. The maximum Gasteiger partial charge on any atom is 0.125 e. The van der Waals surface area contributed by atoms with Gasteiger partial charge in [-0.1, -0.05) is 26.0 Å². The van der Waals surface area contributed by atoms with Crippen LogP contribution in [0.3, 0.4) is 0 Å². The summed E-state index contributed by atoms with van der Waals surface area (Å²) in [6, 6.07) is 8.40. The second-order valence-corrected chi connectivity index (χ2v) is 5.88. The first-order valence-electron chi connectivity index (χ1n) is 5.78. The lowest BCUT2D eigenvalue weighted by molar-refractivity contribution is 0.568. The van der Waals surface area contributed by atoms with Gasteiger partial charge in [-0.2, -0.15) is 0 Å². The quantitative estimate of drug-likeness (QED) is 0.886. The smallest absolute Gasteiger partial charge is 0.125 e. The van der Waals surface area contributed by atoms with Crippen molar-refractivity contribution < 1.29 is 0 Å². The molecule has 0 aliphatic carbocycles. The van der Waals surface area contributed by atoms with E-state index in [9.17, 15) is 0 Å². The Morgan fingerprint density at radius 3 is 2.71 bits per heavy atom. The Morgan fingerprint density at radius 1 is 1.29 bits per heavy atom. The molecule has 0 aliphatic heterocycles. The fourth-order valence-electron chi connectivity index (χ4n) is 1.63. The summed E-state index contributed by atoms with van der Waals surface area (Å²) in [7, 11) is 0. The number of aromatic nitrogens is 1. The first-order valence-corrected chi connectivity index (χ1v) is 6.66. The normalized spacial score (nSPS) is 11.5. The molecule has 17 heavy (non-hydrogen) atoms. The lowest BCUT2D eigenvalue weighted by atomic mass is 9.91. The van der Waals surface area contributed by atoms with E-state index in [2.05, 4.69) is 47.7 Å². The van der Waals surface area contributed by atoms with Gasteiger partial charge in [-0.15, -0.1) is 11.3 Å². The van der Waals surface area contributed by atoms with Gasteiger partial charge in [0.15, 0.2) is 0 Å². The molecule has 0 fully saturated rings. The number of hydrogen-bond acceptors (Lipinski definition) is 3. The van der Waals surface area contributed by atoms with Crippen molar-refractivity contribution in [2.45, 2.75) is 26.2 Å². The maximum atomic E-state index is 4.35. The van der Waals surface area contributed by atoms with Gasteiger partial charge in [0.05, 0.1) is 0 Å². The molecule has 2 aromatic rings. The Balaban J connectivity index is 2.00. The third kappa shape index (κ3) is 3.07. The number of nitrogens with zero attached hydrogens (tertiary/aromatic N) is 1. The highest BCUT2D eigenvalue weighted by Crippen LogP contribution is 2.27. The predicted octanol–water partition coefficient (Wildman–Crippen LogP) is 3.84. The average Bonchev–Trinajstić information content (AvgIpc) is 2.82. The Hall–Kier alpha value is -1.35. The summed E-state index contributed by atoms with van der Waals surface area (Å²) in [5.41, 5.74) is 1.33. The number of aryl methyl sites for hydroxylation is 1. The molecule has 2 nitrogen and oxygen atoms in total.